The summed E-state index contributed by atoms with van der Waals surface area (Å²) < 4.78 is 0. The molecule has 2 rings (SSSR count). The van der Waals surface area contributed by atoms with Crippen LogP contribution in [0.2, 0.25) is 0 Å². The Morgan fingerprint density at radius 3 is 3.17 bits per heavy atom. The van der Waals surface area contributed by atoms with E-state index in [2.05, 4.69) is 29.2 Å². The van der Waals surface area contributed by atoms with Crippen molar-refractivity contribution >= 4 is 11.3 Å². The predicted molar refractivity (Wildman–Crippen MR) is 50.2 cm³/mol. The molecule has 2 heterocycles. The molecule has 3 heteroatoms. The first-order valence-electron chi connectivity index (χ1n) is 4.36. The lowest BCUT2D eigenvalue weighted by Gasteiger charge is -2.29. The molecule has 0 amide bonds. The van der Waals surface area contributed by atoms with E-state index in [1.54, 1.807) is 11.3 Å². The maximum absolute atomic E-state index is 4.22. The molecular formula is C9H13N2S. The number of aromatic nitrogens is 1. The van der Waals surface area contributed by atoms with Crippen molar-refractivity contribution in [3.05, 3.63) is 16.1 Å². The second-order valence-electron chi connectivity index (χ2n) is 3.49. The number of hydrogen-bond donors (Lipinski definition) is 0. The van der Waals surface area contributed by atoms with Gasteiger partial charge in [0.05, 0.1) is 5.69 Å². The van der Waals surface area contributed by atoms with Crippen molar-refractivity contribution in [1.29, 1.82) is 0 Å². The summed E-state index contributed by atoms with van der Waals surface area (Å²) in [5.41, 5.74) is 4.24. The van der Waals surface area contributed by atoms with Gasteiger partial charge in [0.2, 0.25) is 0 Å². The van der Waals surface area contributed by atoms with Crippen molar-refractivity contribution in [2.75, 3.05) is 6.54 Å². The molecule has 0 aromatic carbocycles. The van der Waals surface area contributed by atoms with Crippen molar-refractivity contribution in [3.63, 3.8) is 0 Å². The summed E-state index contributed by atoms with van der Waals surface area (Å²) in [6.45, 7) is 6.72. The van der Waals surface area contributed by atoms with Gasteiger partial charge in [-0.25, -0.2) is 4.98 Å². The Balaban J connectivity index is 2.15. The molecule has 0 saturated carbocycles. The molecule has 0 atom stereocenters. The second kappa shape index (κ2) is 3.15. The fourth-order valence-electron chi connectivity index (χ4n) is 1.53. The van der Waals surface area contributed by atoms with E-state index in [-0.39, 0.29) is 0 Å². The molecule has 1 aromatic heterocycles. The van der Waals surface area contributed by atoms with Crippen LogP contribution in [-0.4, -0.2) is 22.5 Å². The summed E-state index contributed by atoms with van der Waals surface area (Å²) in [5, 5.41) is 0. The maximum Gasteiger partial charge on any atom is 0.152 e. The average Bonchev–Trinajstić information content (AvgIpc) is 2.49. The third-order valence-corrected chi connectivity index (χ3v) is 3.18. The normalized spacial score (nSPS) is 18.2. The van der Waals surface area contributed by atoms with Gasteiger partial charge in [-0.3, -0.25) is 4.90 Å². The summed E-state index contributed by atoms with van der Waals surface area (Å²) in [5.74, 6) is 0. The number of rotatable bonds is 1. The van der Waals surface area contributed by atoms with Gasteiger partial charge in [-0.1, -0.05) is 0 Å². The Kier molecular flexibility index (Phi) is 2.15. The molecule has 0 aliphatic carbocycles. The highest BCUT2D eigenvalue weighted by Crippen LogP contribution is 2.22. The Hall–Kier alpha value is -0.410. The highest BCUT2D eigenvalue weighted by Gasteiger charge is 2.19. The van der Waals surface area contributed by atoms with E-state index < -0.39 is 0 Å². The molecule has 2 nitrogen and oxygen atoms in total. The van der Waals surface area contributed by atoms with Gasteiger partial charge in [0.25, 0.3) is 0 Å². The largest absolute Gasteiger partial charge is 0.295 e. The van der Waals surface area contributed by atoms with Crippen molar-refractivity contribution < 1.29 is 0 Å². The lowest BCUT2D eigenvalue weighted by atomic mass is 10.1. The zero-order valence-electron chi connectivity index (χ0n) is 7.50. The van der Waals surface area contributed by atoms with Gasteiger partial charge < -0.3 is 0 Å². The van der Waals surface area contributed by atoms with Crippen LogP contribution in [0.5, 0.6) is 0 Å². The van der Waals surface area contributed by atoms with Crippen LogP contribution in [0.4, 0.5) is 0 Å². The molecule has 0 bridgehead atoms. The molecule has 0 N–H and O–H groups in total. The number of hydrogen-bond acceptors (Lipinski definition) is 3. The number of thiazole rings is 1. The topological polar surface area (TPSA) is 16.1 Å². The van der Waals surface area contributed by atoms with Crippen LogP contribution < -0.4 is 0 Å². The summed E-state index contributed by atoms with van der Waals surface area (Å²) in [6, 6.07) is 0.653. The lowest BCUT2D eigenvalue weighted by molar-refractivity contribution is 0.205. The third kappa shape index (κ3) is 1.39. The molecule has 0 spiro atoms. The van der Waals surface area contributed by atoms with E-state index in [0.717, 1.165) is 19.5 Å². The monoisotopic (exact) mass is 181 g/mol. The van der Waals surface area contributed by atoms with E-state index in [4.69, 9.17) is 0 Å². The first kappa shape index (κ1) is 8.20. The highest BCUT2D eigenvalue weighted by molar-refractivity contribution is 7.09. The number of fused-ring (bicyclic) bond motifs is 1. The molecule has 1 aliphatic rings. The Morgan fingerprint density at radius 2 is 2.42 bits per heavy atom. The minimum absolute atomic E-state index is 0.653. The third-order valence-electron chi connectivity index (χ3n) is 2.38. The Bertz CT molecular complexity index is 267. The first-order chi connectivity index (χ1) is 5.77. The molecule has 0 unspecified atom stereocenters. The van der Waals surface area contributed by atoms with Crippen LogP contribution in [0, 0.1) is 5.51 Å². The van der Waals surface area contributed by atoms with Crippen LogP contribution in [0.3, 0.4) is 0 Å². The van der Waals surface area contributed by atoms with E-state index in [1.807, 2.05) is 0 Å². The van der Waals surface area contributed by atoms with Gasteiger partial charge >= 0.3 is 0 Å². The van der Waals surface area contributed by atoms with Crippen molar-refractivity contribution in [2.45, 2.75) is 32.9 Å². The van der Waals surface area contributed by atoms with Gasteiger partial charge in [-0.15, -0.1) is 11.3 Å². The standard InChI is InChI=1S/C9H13N2S/c1-7(2)11-4-3-8-9(5-11)12-6-10-8/h7H,3-5H2,1-2H3. The van der Waals surface area contributed by atoms with Gasteiger partial charge in [0.15, 0.2) is 5.51 Å². The minimum atomic E-state index is 0.653. The number of nitrogens with zero attached hydrogens (tertiary/aromatic N) is 2. The summed E-state index contributed by atoms with van der Waals surface area (Å²) in [4.78, 5) is 8.11. The van der Waals surface area contributed by atoms with E-state index in [0.29, 0.717) is 6.04 Å². The van der Waals surface area contributed by atoms with E-state index in [1.165, 1.54) is 10.6 Å². The van der Waals surface area contributed by atoms with Gasteiger partial charge in [0.1, 0.15) is 0 Å². The second-order valence-corrected chi connectivity index (χ2v) is 4.37. The molecule has 65 valence electrons. The summed E-state index contributed by atoms with van der Waals surface area (Å²) >= 11 is 1.67. The Morgan fingerprint density at radius 1 is 1.58 bits per heavy atom. The molecule has 0 saturated heterocycles. The minimum Gasteiger partial charge on any atom is -0.295 e. The first-order valence-corrected chi connectivity index (χ1v) is 5.17. The Labute approximate surface area is 77.2 Å². The van der Waals surface area contributed by atoms with E-state index in [9.17, 15) is 0 Å². The fourth-order valence-corrected chi connectivity index (χ4v) is 2.29. The van der Waals surface area contributed by atoms with Gasteiger partial charge in [-0.2, -0.15) is 0 Å². The van der Waals surface area contributed by atoms with Crippen LogP contribution in [-0.2, 0) is 13.0 Å². The summed E-state index contributed by atoms with van der Waals surface area (Å²) in [6.07, 6.45) is 1.10. The van der Waals surface area contributed by atoms with Crippen molar-refractivity contribution in [3.8, 4) is 0 Å². The molecule has 1 aromatic rings. The van der Waals surface area contributed by atoms with Crippen LogP contribution in [0.1, 0.15) is 24.4 Å². The SMILES string of the molecule is CC(C)N1CCc2n[c]sc2C1. The van der Waals surface area contributed by atoms with Crippen molar-refractivity contribution in [2.24, 2.45) is 0 Å². The maximum atomic E-state index is 4.22. The van der Waals surface area contributed by atoms with Crippen molar-refractivity contribution in [1.82, 2.24) is 9.88 Å². The molecular weight excluding hydrogens is 168 g/mol. The van der Waals surface area contributed by atoms with Crippen LogP contribution >= 0.6 is 11.3 Å². The fraction of sp³-hybridized carbons (Fsp3) is 0.667. The van der Waals surface area contributed by atoms with Gasteiger partial charge in [-0.05, 0) is 13.8 Å². The average molecular weight is 181 g/mol. The predicted octanol–water partition coefficient (Wildman–Crippen LogP) is 1.71. The molecule has 0 fully saturated rings. The van der Waals surface area contributed by atoms with Crippen LogP contribution in [0.25, 0.3) is 0 Å². The van der Waals surface area contributed by atoms with E-state index >= 15 is 0 Å². The smallest absolute Gasteiger partial charge is 0.152 e. The molecule has 1 radical (unpaired) electrons. The summed E-state index contributed by atoms with van der Waals surface area (Å²) in [7, 11) is 0. The van der Waals surface area contributed by atoms with Gasteiger partial charge in [0, 0.05) is 30.4 Å². The quantitative estimate of drug-likeness (QED) is 0.655. The zero-order chi connectivity index (χ0) is 8.55. The lowest BCUT2D eigenvalue weighted by Crippen LogP contribution is -2.35. The van der Waals surface area contributed by atoms with Crippen LogP contribution in [0.15, 0.2) is 0 Å². The molecule has 12 heavy (non-hydrogen) atoms. The molecule has 1 aliphatic heterocycles. The highest BCUT2D eigenvalue weighted by atomic mass is 32.1. The zero-order valence-corrected chi connectivity index (χ0v) is 8.32.